The number of aliphatic carboxylic acids is 1. The van der Waals surface area contributed by atoms with E-state index in [-0.39, 0.29) is 18.4 Å². The summed E-state index contributed by atoms with van der Waals surface area (Å²) in [5.41, 5.74) is 1.24. The van der Waals surface area contributed by atoms with Crippen molar-refractivity contribution >= 4 is 17.7 Å². The summed E-state index contributed by atoms with van der Waals surface area (Å²) in [6, 6.07) is 10.2. The van der Waals surface area contributed by atoms with E-state index < -0.39 is 5.97 Å². The third-order valence-electron chi connectivity index (χ3n) is 3.29. The molecule has 1 aromatic carbocycles. The Labute approximate surface area is 137 Å². The summed E-state index contributed by atoms with van der Waals surface area (Å²) in [7, 11) is 0. The molecular formula is C17H25N3O3. The standard InChI is InChI=1S/C17H25N3O3/c1-13(8-9-18-11-15-6-4-3-5-7-15)10-16(21)20-14(2)19-12-17(22)23/h3-7,13,18H,8-12H2,1-2H3,(H,22,23)(H,19,20,21)/t13-/m0/s1. The van der Waals surface area contributed by atoms with E-state index in [9.17, 15) is 9.59 Å². The number of carbonyl (C=O) groups is 2. The molecule has 1 rings (SSSR count). The van der Waals surface area contributed by atoms with Crippen molar-refractivity contribution in [2.75, 3.05) is 13.1 Å². The SMILES string of the molecule is CC(=NCC(=O)O)NC(=O)C[C@@H](C)CCNCc1ccccc1. The molecule has 0 aliphatic carbocycles. The molecule has 0 saturated carbocycles. The van der Waals surface area contributed by atoms with Gasteiger partial charge >= 0.3 is 5.97 Å². The van der Waals surface area contributed by atoms with E-state index in [2.05, 4.69) is 27.8 Å². The first-order chi connectivity index (χ1) is 11.0. The van der Waals surface area contributed by atoms with Crippen LogP contribution in [0.1, 0.15) is 32.3 Å². The molecule has 0 radical (unpaired) electrons. The molecule has 0 bridgehead atoms. The summed E-state index contributed by atoms with van der Waals surface area (Å²) in [6.07, 6.45) is 1.29. The Kier molecular flexibility index (Phi) is 8.60. The number of carboxylic acids is 1. The van der Waals surface area contributed by atoms with E-state index in [0.717, 1.165) is 19.5 Å². The molecular weight excluding hydrogens is 294 g/mol. The van der Waals surface area contributed by atoms with Crippen molar-refractivity contribution in [3.8, 4) is 0 Å². The molecule has 0 fully saturated rings. The zero-order valence-electron chi connectivity index (χ0n) is 13.7. The summed E-state index contributed by atoms with van der Waals surface area (Å²) in [5, 5.41) is 14.5. The summed E-state index contributed by atoms with van der Waals surface area (Å²) in [4.78, 5) is 25.9. The predicted octanol–water partition coefficient (Wildman–Crippen LogP) is 1.81. The number of amides is 1. The van der Waals surface area contributed by atoms with Gasteiger partial charge in [-0.05, 0) is 31.4 Å². The Morgan fingerprint density at radius 2 is 1.96 bits per heavy atom. The number of rotatable bonds is 9. The Balaban J connectivity index is 2.17. The lowest BCUT2D eigenvalue weighted by atomic mass is 10.0. The number of hydrogen-bond acceptors (Lipinski definition) is 4. The maximum absolute atomic E-state index is 11.8. The summed E-state index contributed by atoms with van der Waals surface area (Å²) >= 11 is 0. The van der Waals surface area contributed by atoms with E-state index in [1.165, 1.54) is 5.56 Å². The average Bonchev–Trinajstić information content (AvgIpc) is 2.50. The number of hydrogen-bond donors (Lipinski definition) is 3. The van der Waals surface area contributed by atoms with Gasteiger partial charge in [0.1, 0.15) is 12.4 Å². The summed E-state index contributed by atoms with van der Waals surface area (Å²) < 4.78 is 0. The first-order valence-corrected chi connectivity index (χ1v) is 7.74. The quantitative estimate of drug-likeness (QED) is 0.368. The van der Waals surface area contributed by atoms with Crippen LogP contribution in [0, 0.1) is 5.92 Å². The van der Waals surface area contributed by atoms with Gasteiger partial charge in [-0.1, -0.05) is 37.3 Å². The molecule has 1 amide bonds. The van der Waals surface area contributed by atoms with Gasteiger partial charge in [-0.2, -0.15) is 0 Å². The molecule has 1 atom stereocenters. The van der Waals surface area contributed by atoms with Crippen LogP contribution in [-0.2, 0) is 16.1 Å². The number of aliphatic imine (C=N–C) groups is 1. The van der Waals surface area contributed by atoms with Gasteiger partial charge in [0.2, 0.25) is 5.91 Å². The van der Waals surface area contributed by atoms with Crippen molar-refractivity contribution < 1.29 is 14.7 Å². The molecule has 0 aromatic heterocycles. The van der Waals surface area contributed by atoms with Crippen LogP contribution < -0.4 is 10.6 Å². The fourth-order valence-electron chi connectivity index (χ4n) is 2.07. The lowest BCUT2D eigenvalue weighted by molar-refractivity contribution is -0.135. The first-order valence-electron chi connectivity index (χ1n) is 7.74. The lowest BCUT2D eigenvalue weighted by Crippen LogP contribution is -2.30. The minimum absolute atomic E-state index is 0.132. The van der Waals surface area contributed by atoms with Gasteiger partial charge in [0, 0.05) is 13.0 Å². The zero-order valence-corrected chi connectivity index (χ0v) is 13.7. The Hall–Kier alpha value is -2.21. The fraction of sp³-hybridized carbons (Fsp3) is 0.471. The molecule has 0 unspecified atom stereocenters. The van der Waals surface area contributed by atoms with Crippen LogP contribution in [0.3, 0.4) is 0 Å². The molecule has 0 spiro atoms. The van der Waals surface area contributed by atoms with Crippen LogP contribution in [-0.4, -0.2) is 35.9 Å². The van der Waals surface area contributed by atoms with Gasteiger partial charge in [-0.3, -0.25) is 14.6 Å². The number of benzene rings is 1. The van der Waals surface area contributed by atoms with Crippen LogP contribution in [0.5, 0.6) is 0 Å². The third kappa shape index (κ3) is 9.42. The number of carbonyl (C=O) groups excluding carboxylic acids is 1. The van der Waals surface area contributed by atoms with E-state index >= 15 is 0 Å². The molecule has 6 nitrogen and oxygen atoms in total. The second-order valence-electron chi connectivity index (χ2n) is 5.60. The molecule has 23 heavy (non-hydrogen) atoms. The Morgan fingerprint density at radius 3 is 2.61 bits per heavy atom. The van der Waals surface area contributed by atoms with Crippen LogP contribution in [0.25, 0.3) is 0 Å². The fourth-order valence-corrected chi connectivity index (χ4v) is 2.07. The van der Waals surface area contributed by atoms with Crippen molar-refractivity contribution in [1.82, 2.24) is 10.6 Å². The number of nitrogens with one attached hydrogen (secondary N) is 2. The minimum atomic E-state index is -1.02. The van der Waals surface area contributed by atoms with Gasteiger partial charge in [0.15, 0.2) is 0 Å². The van der Waals surface area contributed by atoms with Crippen LogP contribution in [0.4, 0.5) is 0 Å². The predicted molar refractivity (Wildman–Crippen MR) is 90.3 cm³/mol. The van der Waals surface area contributed by atoms with Crippen molar-refractivity contribution in [3.63, 3.8) is 0 Å². The maximum Gasteiger partial charge on any atom is 0.325 e. The highest BCUT2D eigenvalue weighted by atomic mass is 16.4. The highest BCUT2D eigenvalue weighted by Crippen LogP contribution is 2.06. The van der Waals surface area contributed by atoms with Gasteiger partial charge in [-0.15, -0.1) is 0 Å². The molecule has 126 valence electrons. The summed E-state index contributed by atoms with van der Waals surface area (Å²) in [5.74, 6) is -0.569. The monoisotopic (exact) mass is 319 g/mol. The normalized spacial score (nSPS) is 12.7. The van der Waals surface area contributed by atoms with E-state index in [0.29, 0.717) is 12.3 Å². The minimum Gasteiger partial charge on any atom is -0.480 e. The average molecular weight is 319 g/mol. The van der Waals surface area contributed by atoms with Crippen LogP contribution in [0.2, 0.25) is 0 Å². The smallest absolute Gasteiger partial charge is 0.325 e. The molecule has 3 N–H and O–H groups in total. The first kappa shape index (κ1) is 18.8. The maximum atomic E-state index is 11.8. The van der Waals surface area contributed by atoms with Crippen LogP contribution >= 0.6 is 0 Å². The molecule has 0 heterocycles. The second-order valence-corrected chi connectivity index (χ2v) is 5.60. The van der Waals surface area contributed by atoms with Gasteiger partial charge in [0.05, 0.1) is 0 Å². The summed E-state index contributed by atoms with van der Waals surface area (Å²) in [6.45, 7) is 4.95. The number of amidine groups is 1. The highest BCUT2D eigenvalue weighted by molar-refractivity contribution is 5.97. The Morgan fingerprint density at radius 1 is 1.26 bits per heavy atom. The van der Waals surface area contributed by atoms with Crippen LogP contribution in [0.15, 0.2) is 35.3 Å². The highest BCUT2D eigenvalue weighted by Gasteiger charge is 2.09. The van der Waals surface area contributed by atoms with E-state index in [4.69, 9.17) is 5.11 Å². The second kappa shape index (κ2) is 10.5. The molecule has 0 aliphatic rings. The Bertz CT molecular complexity index is 529. The van der Waals surface area contributed by atoms with Crippen molar-refractivity contribution in [2.45, 2.75) is 33.2 Å². The molecule has 6 heteroatoms. The number of carboxylic acid groups (broad SMARTS) is 1. The van der Waals surface area contributed by atoms with Gasteiger partial charge in [0.25, 0.3) is 0 Å². The van der Waals surface area contributed by atoms with Crippen molar-refractivity contribution in [3.05, 3.63) is 35.9 Å². The zero-order chi connectivity index (χ0) is 17.1. The number of nitrogens with zero attached hydrogens (tertiary/aromatic N) is 1. The topological polar surface area (TPSA) is 90.8 Å². The van der Waals surface area contributed by atoms with Crippen molar-refractivity contribution in [1.29, 1.82) is 0 Å². The van der Waals surface area contributed by atoms with Crippen molar-refractivity contribution in [2.24, 2.45) is 10.9 Å². The third-order valence-corrected chi connectivity index (χ3v) is 3.29. The van der Waals surface area contributed by atoms with Gasteiger partial charge in [-0.25, -0.2) is 0 Å². The molecule has 0 saturated heterocycles. The van der Waals surface area contributed by atoms with Gasteiger partial charge < -0.3 is 15.7 Å². The lowest BCUT2D eigenvalue weighted by Gasteiger charge is -2.12. The largest absolute Gasteiger partial charge is 0.480 e. The van der Waals surface area contributed by atoms with E-state index in [1.54, 1.807) is 6.92 Å². The van der Waals surface area contributed by atoms with E-state index in [1.807, 2.05) is 25.1 Å². The molecule has 0 aliphatic heterocycles. The molecule has 1 aromatic rings.